The molecular weight excluding hydrogens is 240 g/mol. The summed E-state index contributed by atoms with van der Waals surface area (Å²) in [4.78, 5) is 11.8. The van der Waals surface area contributed by atoms with Crippen LogP contribution in [-0.4, -0.2) is 29.8 Å². The smallest absolute Gasteiger partial charge is 0.315 e. The normalized spacial score (nSPS) is 25.1. The predicted octanol–water partition coefficient (Wildman–Crippen LogP) is 2.66. The van der Waals surface area contributed by atoms with Crippen LogP contribution in [-0.2, 0) is 0 Å². The van der Waals surface area contributed by atoms with Gasteiger partial charge in [-0.1, -0.05) is 13.8 Å². The predicted molar refractivity (Wildman–Crippen MR) is 78.0 cm³/mol. The highest BCUT2D eigenvalue weighted by molar-refractivity contribution is 5.74. The summed E-state index contributed by atoms with van der Waals surface area (Å²) >= 11 is 0. The SMILES string of the molecule is CC(C)CCC(C)NC(=O)NC1CCC(CO)CC1. The van der Waals surface area contributed by atoms with Crippen LogP contribution in [0.5, 0.6) is 0 Å². The second-order valence-electron chi connectivity index (χ2n) is 6.39. The van der Waals surface area contributed by atoms with Crippen LogP contribution in [0.4, 0.5) is 4.79 Å². The fourth-order valence-corrected chi connectivity index (χ4v) is 2.60. The number of rotatable bonds is 6. The third-order valence-corrected chi connectivity index (χ3v) is 3.99. The van der Waals surface area contributed by atoms with Gasteiger partial charge in [0, 0.05) is 18.7 Å². The number of aliphatic hydroxyl groups is 1. The number of aliphatic hydroxyl groups excluding tert-OH is 1. The van der Waals surface area contributed by atoms with E-state index in [0.717, 1.165) is 38.5 Å². The Morgan fingerprint density at radius 2 is 1.79 bits per heavy atom. The van der Waals surface area contributed by atoms with Gasteiger partial charge in [-0.15, -0.1) is 0 Å². The van der Waals surface area contributed by atoms with Crippen LogP contribution >= 0.6 is 0 Å². The molecule has 19 heavy (non-hydrogen) atoms. The molecule has 1 unspecified atom stereocenters. The van der Waals surface area contributed by atoms with E-state index in [2.05, 4.69) is 31.4 Å². The molecule has 1 saturated carbocycles. The summed E-state index contributed by atoms with van der Waals surface area (Å²) in [5, 5.41) is 15.1. The maximum atomic E-state index is 11.8. The third kappa shape index (κ3) is 6.81. The zero-order valence-corrected chi connectivity index (χ0v) is 12.6. The Bertz CT molecular complexity index is 261. The lowest BCUT2D eigenvalue weighted by Crippen LogP contribution is -2.46. The summed E-state index contributed by atoms with van der Waals surface area (Å²) in [6.45, 7) is 6.74. The van der Waals surface area contributed by atoms with Crippen molar-refractivity contribution in [3.8, 4) is 0 Å². The molecule has 0 heterocycles. The molecule has 0 aromatic rings. The van der Waals surface area contributed by atoms with Crippen molar-refractivity contribution in [3.63, 3.8) is 0 Å². The molecule has 0 aromatic heterocycles. The van der Waals surface area contributed by atoms with Gasteiger partial charge in [-0.05, 0) is 57.3 Å². The Kier molecular flexibility index (Phi) is 7.21. The van der Waals surface area contributed by atoms with Crippen molar-refractivity contribution < 1.29 is 9.90 Å². The summed E-state index contributed by atoms with van der Waals surface area (Å²) in [5.74, 6) is 1.12. The lowest BCUT2D eigenvalue weighted by Gasteiger charge is -2.28. The van der Waals surface area contributed by atoms with Crippen LogP contribution in [0.2, 0.25) is 0 Å². The fraction of sp³-hybridized carbons (Fsp3) is 0.933. The van der Waals surface area contributed by atoms with Crippen molar-refractivity contribution in [3.05, 3.63) is 0 Å². The summed E-state index contributed by atoms with van der Waals surface area (Å²) < 4.78 is 0. The molecule has 0 saturated heterocycles. The molecule has 0 aromatic carbocycles. The first kappa shape index (κ1) is 16.3. The average molecular weight is 270 g/mol. The number of amides is 2. The number of carbonyl (C=O) groups excluding carboxylic acids is 1. The Morgan fingerprint density at radius 1 is 1.16 bits per heavy atom. The van der Waals surface area contributed by atoms with Gasteiger partial charge in [0.15, 0.2) is 0 Å². The lowest BCUT2D eigenvalue weighted by atomic mass is 9.87. The van der Waals surface area contributed by atoms with E-state index in [4.69, 9.17) is 5.11 Å². The Hall–Kier alpha value is -0.770. The van der Waals surface area contributed by atoms with Gasteiger partial charge in [-0.3, -0.25) is 0 Å². The third-order valence-electron chi connectivity index (χ3n) is 3.99. The first-order chi connectivity index (χ1) is 9.01. The van der Waals surface area contributed by atoms with Crippen molar-refractivity contribution >= 4 is 6.03 Å². The minimum atomic E-state index is -0.0382. The van der Waals surface area contributed by atoms with Gasteiger partial charge in [0.25, 0.3) is 0 Å². The van der Waals surface area contributed by atoms with Crippen molar-refractivity contribution in [2.75, 3.05) is 6.61 Å². The van der Waals surface area contributed by atoms with E-state index in [9.17, 15) is 4.79 Å². The summed E-state index contributed by atoms with van der Waals surface area (Å²) in [5.41, 5.74) is 0. The molecule has 4 heteroatoms. The number of hydrogen-bond donors (Lipinski definition) is 3. The summed E-state index contributed by atoms with van der Waals surface area (Å²) in [7, 11) is 0. The zero-order chi connectivity index (χ0) is 14.3. The lowest BCUT2D eigenvalue weighted by molar-refractivity contribution is 0.174. The van der Waals surface area contributed by atoms with Crippen molar-refractivity contribution in [1.29, 1.82) is 0 Å². The van der Waals surface area contributed by atoms with Crippen molar-refractivity contribution in [2.24, 2.45) is 11.8 Å². The zero-order valence-electron chi connectivity index (χ0n) is 12.6. The molecule has 4 nitrogen and oxygen atoms in total. The van der Waals surface area contributed by atoms with Gasteiger partial charge >= 0.3 is 6.03 Å². The van der Waals surface area contributed by atoms with Gasteiger partial charge in [-0.25, -0.2) is 4.79 Å². The topological polar surface area (TPSA) is 61.4 Å². The average Bonchev–Trinajstić information content (AvgIpc) is 2.37. The highest BCUT2D eigenvalue weighted by Gasteiger charge is 2.22. The van der Waals surface area contributed by atoms with Gasteiger partial charge in [0.05, 0.1) is 0 Å². The highest BCUT2D eigenvalue weighted by Crippen LogP contribution is 2.23. The van der Waals surface area contributed by atoms with Gasteiger partial charge in [0.2, 0.25) is 0 Å². The van der Waals surface area contributed by atoms with Gasteiger partial charge in [0.1, 0.15) is 0 Å². The van der Waals surface area contributed by atoms with Crippen LogP contribution < -0.4 is 10.6 Å². The largest absolute Gasteiger partial charge is 0.396 e. The molecule has 1 fully saturated rings. The van der Waals surface area contributed by atoms with E-state index in [-0.39, 0.29) is 24.7 Å². The molecule has 0 aliphatic heterocycles. The summed E-state index contributed by atoms with van der Waals surface area (Å²) in [6, 6.07) is 0.472. The van der Waals surface area contributed by atoms with Crippen molar-refractivity contribution in [2.45, 2.75) is 71.4 Å². The van der Waals surface area contributed by atoms with Gasteiger partial charge in [-0.2, -0.15) is 0 Å². The maximum absolute atomic E-state index is 11.8. The molecule has 0 bridgehead atoms. The van der Waals surface area contributed by atoms with E-state index in [1.807, 2.05) is 0 Å². The first-order valence-corrected chi connectivity index (χ1v) is 7.69. The molecule has 0 spiro atoms. The second-order valence-corrected chi connectivity index (χ2v) is 6.39. The number of carbonyl (C=O) groups is 1. The highest BCUT2D eigenvalue weighted by atomic mass is 16.3. The molecule has 112 valence electrons. The molecule has 2 amide bonds. The summed E-state index contributed by atoms with van der Waals surface area (Å²) in [6.07, 6.45) is 6.18. The van der Waals surface area contributed by atoms with Crippen molar-refractivity contribution in [1.82, 2.24) is 10.6 Å². The number of urea groups is 1. The van der Waals surface area contributed by atoms with Crippen LogP contribution in [0.1, 0.15) is 59.3 Å². The Balaban J connectivity index is 2.17. The number of hydrogen-bond acceptors (Lipinski definition) is 2. The van der Waals surface area contributed by atoms with Gasteiger partial charge < -0.3 is 15.7 Å². The van der Waals surface area contributed by atoms with Crippen LogP contribution in [0.3, 0.4) is 0 Å². The first-order valence-electron chi connectivity index (χ1n) is 7.69. The molecule has 1 atom stereocenters. The molecular formula is C15H30N2O2. The minimum Gasteiger partial charge on any atom is -0.396 e. The van der Waals surface area contributed by atoms with Crippen LogP contribution in [0.15, 0.2) is 0 Å². The van der Waals surface area contributed by atoms with E-state index < -0.39 is 0 Å². The van der Waals surface area contributed by atoms with E-state index in [0.29, 0.717) is 11.8 Å². The molecule has 0 radical (unpaired) electrons. The molecule has 1 aliphatic rings. The van der Waals surface area contributed by atoms with E-state index in [1.165, 1.54) is 0 Å². The van der Waals surface area contributed by atoms with Crippen LogP contribution in [0.25, 0.3) is 0 Å². The van der Waals surface area contributed by atoms with E-state index in [1.54, 1.807) is 0 Å². The Labute approximate surface area is 117 Å². The second kappa shape index (κ2) is 8.41. The fourth-order valence-electron chi connectivity index (χ4n) is 2.60. The van der Waals surface area contributed by atoms with Crippen LogP contribution in [0, 0.1) is 11.8 Å². The quantitative estimate of drug-likeness (QED) is 0.695. The molecule has 1 aliphatic carbocycles. The monoisotopic (exact) mass is 270 g/mol. The number of nitrogens with one attached hydrogen (secondary N) is 2. The molecule has 1 rings (SSSR count). The maximum Gasteiger partial charge on any atom is 0.315 e. The standard InChI is InChI=1S/C15H30N2O2/c1-11(2)4-5-12(3)16-15(19)17-14-8-6-13(10-18)7-9-14/h11-14,18H,4-10H2,1-3H3,(H2,16,17,19). The minimum absolute atomic E-state index is 0.0382. The van der Waals surface area contributed by atoms with E-state index >= 15 is 0 Å². The molecule has 3 N–H and O–H groups in total. The Morgan fingerprint density at radius 3 is 2.32 bits per heavy atom.